The minimum Gasteiger partial charge on any atom is -0.493 e. The van der Waals surface area contributed by atoms with Gasteiger partial charge in [-0.05, 0) is 49.5 Å². The van der Waals surface area contributed by atoms with Crippen molar-refractivity contribution in [3.8, 4) is 5.75 Å². The number of rotatable bonds is 4. The van der Waals surface area contributed by atoms with E-state index in [9.17, 15) is 0 Å². The van der Waals surface area contributed by atoms with E-state index in [1.165, 1.54) is 35.1 Å². The molecule has 1 aromatic rings. The molecule has 104 valence electrons. The quantitative estimate of drug-likeness (QED) is 0.925. The molecule has 0 radical (unpaired) electrons. The zero-order chi connectivity index (χ0) is 13.2. The molecule has 0 spiro atoms. The van der Waals surface area contributed by atoms with E-state index in [4.69, 9.17) is 10.5 Å². The van der Waals surface area contributed by atoms with Gasteiger partial charge in [-0.25, -0.2) is 0 Å². The topological polar surface area (TPSA) is 38.5 Å². The van der Waals surface area contributed by atoms with Crippen LogP contribution in [0.15, 0.2) is 16.6 Å². The van der Waals surface area contributed by atoms with Crippen LogP contribution in [0.4, 0.5) is 0 Å². The Labute approximate surface area is 123 Å². The molecule has 0 aliphatic carbocycles. The summed E-state index contributed by atoms with van der Waals surface area (Å²) in [5.41, 5.74) is 8.33. The Balaban J connectivity index is 1.71. The van der Waals surface area contributed by atoms with Crippen molar-refractivity contribution in [3.63, 3.8) is 0 Å². The van der Waals surface area contributed by atoms with Gasteiger partial charge in [-0.1, -0.05) is 15.9 Å². The zero-order valence-electron chi connectivity index (χ0n) is 11.2. The Morgan fingerprint density at radius 1 is 1.42 bits per heavy atom. The number of nitrogens with two attached hydrogens (primary N) is 1. The number of nitrogens with zero attached hydrogens (tertiary/aromatic N) is 1. The van der Waals surface area contributed by atoms with Crippen LogP contribution in [0.3, 0.4) is 0 Å². The van der Waals surface area contributed by atoms with Crippen molar-refractivity contribution in [2.45, 2.75) is 25.8 Å². The third-order valence-electron chi connectivity index (χ3n) is 4.16. The van der Waals surface area contributed by atoms with Gasteiger partial charge in [0.1, 0.15) is 5.75 Å². The molecule has 2 aliphatic heterocycles. The first-order valence-electron chi connectivity index (χ1n) is 7.13. The SMILES string of the molecule is NCCC1CCN(Cc2cc(Br)cc3c2OCC3)C1. The molecule has 4 heteroatoms. The monoisotopic (exact) mass is 324 g/mol. The highest BCUT2D eigenvalue weighted by Crippen LogP contribution is 2.34. The summed E-state index contributed by atoms with van der Waals surface area (Å²) >= 11 is 3.61. The van der Waals surface area contributed by atoms with Crippen LogP contribution in [0.25, 0.3) is 0 Å². The summed E-state index contributed by atoms with van der Waals surface area (Å²) in [7, 11) is 0. The first-order chi connectivity index (χ1) is 9.26. The van der Waals surface area contributed by atoms with Crippen LogP contribution in [-0.2, 0) is 13.0 Å². The Morgan fingerprint density at radius 2 is 2.32 bits per heavy atom. The molecule has 0 amide bonds. The zero-order valence-corrected chi connectivity index (χ0v) is 12.8. The van der Waals surface area contributed by atoms with Crippen LogP contribution in [0.5, 0.6) is 5.75 Å². The third kappa shape index (κ3) is 2.96. The maximum absolute atomic E-state index is 5.80. The van der Waals surface area contributed by atoms with E-state index >= 15 is 0 Å². The number of hydrogen-bond donors (Lipinski definition) is 1. The molecule has 3 nitrogen and oxygen atoms in total. The second-order valence-corrected chi connectivity index (χ2v) is 6.53. The number of ether oxygens (including phenoxy) is 1. The van der Waals surface area contributed by atoms with Gasteiger partial charge in [-0.15, -0.1) is 0 Å². The van der Waals surface area contributed by atoms with Crippen molar-refractivity contribution >= 4 is 15.9 Å². The third-order valence-corrected chi connectivity index (χ3v) is 4.62. The molecule has 1 aromatic carbocycles. The van der Waals surface area contributed by atoms with E-state index in [2.05, 4.69) is 33.0 Å². The fourth-order valence-corrected chi connectivity index (χ4v) is 3.78. The fraction of sp³-hybridized carbons (Fsp3) is 0.600. The van der Waals surface area contributed by atoms with Gasteiger partial charge in [0.15, 0.2) is 0 Å². The average molecular weight is 325 g/mol. The molecule has 0 bridgehead atoms. The molecule has 2 N–H and O–H groups in total. The van der Waals surface area contributed by atoms with Crippen LogP contribution in [-0.4, -0.2) is 31.1 Å². The number of fused-ring (bicyclic) bond motifs is 1. The lowest BCUT2D eigenvalue weighted by molar-refractivity contribution is 0.301. The van der Waals surface area contributed by atoms with Crippen LogP contribution >= 0.6 is 15.9 Å². The van der Waals surface area contributed by atoms with Crippen LogP contribution in [0.2, 0.25) is 0 Å². The van der Waals surface area contributed by atoms with E-state index < -0.39 is 0 Å². The first-order valence-corrected chi connectivity index (χ1v) is 7.92. The predicted molar refractivity (Wildman–Crippen MR) is 80.4 cm³/mol. The van der Waals surface area contributed by atoms with E-state index in [1.807, 2.05) is 0 Å². The summed E-state index contributed by atoms with van der Waals surface area (Å²) in [5.74, 6) is 1.91. The molecule has 0 saturated carbocycles. The van der Waals surface area contributed by atoms with Crippen molar-refractivity contribution in [1.82, 2.24) is 4.90 Å². The average Bonchev–Trinajstić information content (AvgIpc) is 2.98. The highest BCUT2D eigenvalue weighted by molar-refractivity contribution is 9.10. The molecule has 1 fully saturated rings. The van der Waals surface area contributed by atoms with Crippen LogP contribution < -0.4 is 10.5 Å². The Kier molecular flexibility index (Phi) is 4.10. The summed E-state index contributed by atoms with van der Waals surface area (Å²) in [4.78, 5) is 2.53. The molecule has 3 rings (SSSR count). The molecule has 1 atom stereocenters. The molecular formula is C15H21BrN2O. The maximum Gasteiger partial charge on any atom is 0.127 e. The van der Waals surface area contributed by atoms with Gasteiger partial charge in [-0.3, -0.25) is 4.90 Å². The molecule has 19 heavy (non-hydrogen) atoms. The summed E-state index contributed by atoms with van der Waals surface area (Å²) in [6.07, 6.45) is 3.48. The number of hydrogen-bond acceptors (Lipinski definition) is 3. The number of benzene rings is 1. The molecular weight excluding hydrogens is 304 g/mol. The van der Waals surface area contributed by atoms with Crippen molar-refractivity contribution in [3.05, 3.63) is 27.7 Å². The highest BCUT2D eigenvalue weighted by atomic mass is 79.9. The van der Waals surface area contributed by atoms with Gasteiger partial charge in [0.2, 0.25) is 0 Å². The molecule has 2 heterocycles. The second kappa shape index (κ2) is 5.81. The molecule has 1 unspecified atom stereocenters. The largest absolute Gasteiger partial charge is 0.493 e. The lowest BCUT2D eigenvalue weighted by Crippen LogP contribution is -2.21. The van der Waals surface area contributed by atoms with E-state index in [0.717, 1.165) is 44.2 Å². The smallest absolute Gasteiger partial charge is 0.127 e. The summed E-state index contributed by atoms with van der Waals surface area (Å²) in [5, 5.41) is 0. The number of halogens is 1. The van der Waals surface area contributed by atoms with Crippen molar-refractivity contribution in [2.75, 3.05) is 26.2 Å². The minimum absolute atomic E-state index is 0.783. The van der Waals surface area contributed by atoms with Gasteiger partial charge in [0.05, 0.1) is 6.61 Å². The minimum atomic E-state index is 0.783. The standard InChI is InChI=1S/C15H21BrN2O/c16-14-7-12-3-6-19-15(12)13(8-14)10-18-5-2-11(9-18)1-4-17/h7-8,11H,1-6,9-10,17H2. The Bertz CT molecular complexity index is 464. The van der Waals surface area contributed by atoms with E-state index in [1.54, 1.807) is 0 Å². The molecule has 1 saturated heterocycles. The summed E-state index contributed by atoms with van der Waals surface area (Å²) in [6, 6.07) is 4.40. The van der Waals surface area contributed by atoms with Crippen molar-refractivity contribution < 1.29 is 4.74 Å². The molecule has 2 aliphatic rings. The first kappa shape index (κ1) is 13.4. The van der Waals surface area contributed by atoms with Crippen LogP contribution in [0.1, 0.15) is 24.0 Å². The predicted octanol–water partition coefficient (Wildman–Crippen LogP) is 2.55. The van der Waals surface area contributed by atoms with Gasteiger partial charge in [0.25, 0.3) is 0 Å². The fourth-order valence-electron chi connectivity index (χ4n) is 3.23. The van der Waals surface area contributed by atoms with Crippen molar-refractivity contribution in [2.24, 2.45) is 11.7 Å². The van der Waals surface area contributed by atoms with E-state index in [-0.39, 0.29) is 0 Å². The highest BCUT2D eigenvalue weighted by Gasteiger charge is 2.24. The van der Waals surface area contributed by atoms with Gasteiger partial charge in [-0.2, -0.15) is 0 Å². The Morgan fingerprint density at radius 3 is 3.16 bits per heavy atom. The van der Waals surface area contributed by atoms with Gasteiger partial charge in [0, 0.05) is 29.5 Å². The maximum atomic E-state index is 5.80. The summed E-state index contributed by atoms with van der Waals surface area (Å²) in [6.45, 7) is 5.01. The van der Waals surface area contributed by atoms with Gasteiger partial charge < -0.3 is 10.5 Å². The Hall–Kier alpha value is -0.580. The molecule has 0 aromatic heterocycles. The van der Waals surface area contributed by atoms with Crippen LogP contribution in [0, 0.1) is 5.92 Å². The summed E-state index contributed by atoms with van der Waals surface area (Å²) < 4.78 is 6.97. The lowest BCUT2D eigenvalue weighted by Gasteiger charge is -2.18. The van der Waals surface area contributed by atoms with Crippen molar-refractivity contribution in [1.29, 1.82) is 0 Å². The second-order valence-electron chi connectivity index (χ2n) is 5.62. The van der Waals surface area contributed by atoms with Gasteiger partial charge >= 0.3 is 0 Å². The lowest BCUT2D eigenvalue weighted by atomic mass is 10.1. The van der Waals surface area contributed by atoms with E-state index in [0.29, 0.717) is 0 Å². The normalized spacial score (nSPS) is 22.5. The number of likely N-dealkylation sites (tertiary alicyclic amines) is 1.